The predicted molar refractivity (Wildman–Crippen MR) is 87.4 cm³/mol. The SMILES string of the molecule is COc1ccc(C#N)cc1NC(=O)/C=C/c1ccc(Br)s1. The van der Waals surface area contributed by atoms with Crippen molar-refractivity contribution in [1.82, 2.24) is 0 Å². The fraction of sp³-hybridized carbons (Fsp3) is 0.0667. The van der Waals surface area contributed by atoms with E-state index >= 15 is 0 Å². The minimum absolute atomic E-state index is 0.284. The summed E-state index contributed by atoms with van der Waals surface area (Å²) in [4.78, 5) is 12.9. The van der Waals surface area contributed by atoms with Crippen LogP contribution >= 0.6 is 27.3 Å². The Hall–Kier alpha value is -2.10. The van der Waals surface area contributed by atoms with E-state index in [0.717, 1.165) is 8.66 Å². The Bertz CT molecular complexity index is 732. The second kappa shape index (κ2) is 7.07. The third-order valence-corrected chi connectivity index (χ3v) is 4.17. The first-order valence-corrected chi connectivity index (χ1v) is 7.56. The van der Waals surface area contributed by atoms with Crippen molar-refractivity contribution in [3.05, 3.63) is 50.6 Å². The fourth-order valence-electron chi connectivity index (χ4n) is 1.63. The number of anilines is 1. The van der Waals surface area contributed by atoms with Gasteiger partial charge in [-0.25, -0.2) is 0 Å². The quantitative estimate of drug-likeness (QED) is 0.834. The van der Waals surface area contributed by atoms with Crippen molar-refractivity contribution in [3.63, 3.8) is 0 Å². The second-order valence-electron chi connectivity index (χ2n) is 3.99. The van der Waals surface area contributed by atoms with Crippen molar-refractivity contribution >= 4 is 44.9 Å². The van der Waals surface area contributed by atoms with Crippen molar-refractivity contribution in [2.45, 2.75) is 0 Å². The highest BCUT2D eigenvalue weighted by molar-refractivity contribution is 9.11. The minimum Gasteiger partial charge on any atom is -0.495 e. The summed E-state index contributed by atoms with van der Waals surface area (Å²) in [6, 6.07) is 10.7. The van der Waals surface area contributed by atoms with Crippen LogP contribution in [-0.2, 0) is 4.79 Å². The number of benzene rings is 1. The topological polar surface area (TPSA) is 62.1 Å². The highest BCUT2D eigenvalue weighted by Crippen LogP contribution is 2.26. The smallest absolute Gasteiger partial charge is 0.248 e. The molecule has 21 heavy (non-hydrogen) atoms. The highest BCUT2D eigenvalue weighted by atomic mass is 79.9. The summed E-state index contributed by atoms with van der Waals surface area (Å²) in [5, 5.41) is 11.6. The maximum absolute atomic E-state index is 11.9. The lowest BCUT2D eigenvalue weighted by Gasteiger charge is -2.08. The van der Waals surface area contributed by atoms with Crippen molar-refractivity contribution in [2.75, 3.05) is 12.4 Å². The molecule has 0 bridgehead atoms. The number of nitriles is 1. The molecule has 0 saturated heterocycles. The number of rotatable bonds is 4. The van der Waals surface area contributed by atoms with E-state index in [-0.39, 0.29) is 5.91 Å². The van der Waals surface area contributed by atoms with Crippen molar-refractivity contribution in [3.8, 4) is 11.8 Å². The first-order valence-electron chi connectivity index (χ1n) is 5.95. The summed E-state index contributed by atoms with van der Waals surface area (Å²) in [6.45, 7) is 0. The molecule has 0 radical (unpaired) electrons. The lowest BCUT2D eigenvalue weighted by atomic mass is 10.2. The van der Waals surface area contributed by atoms with Gasteiger partial charge in [-0.2, -0.15) is 5.26 Å². The number of hydrogen-bond donors (Lipinski definition) is 1. The molecule has 1 N–H and O–H groups in total. The van der Waals surface area contributed by atoms with Gasteiger partial charge in [-0.05, 0) is 52.3 Å². The van der Waals surface area contributed by atoms with Crippen LogP contribution in [0.2, 0.25) is 0 Å². The number of nitrogens with one attached hydrogen (secondary N) is 1. The van der Waals surface area contributed by atoms with E-state index in [1.54, 1.807) is 24.3 Å². The number of ether oxygens (including phenoxy) is 1. The van der Waals surface area contributed by atoms with Gasteiger partial charge < -0.3 is 10.1 Å². The van der Waals surface area contributed by atoms with Crippen LogP contribution in [0.4, 0.5) is 5.69 Å². The molecule has 0 spiro atoms. The first-order chi connectivity index (χ1) is 10.1. The zero-order valence-electron chi connectivity index (χ0n) is 11.1. The van der Waals surface area contributed by atoms with Crippen LogP contribution in [0.5, 0.6) is 5.75 Å². The molecule has 1 amide bonds. The van der Waals surface area contributed by atoms with Gasteiger partial charge in [0.25, 0.3) is 0 Å². The molecule has 1 aromatic heterocycles. The zero-order valence-corrected chi connectivity index (χ0v) is 13.5. The third-order valence-electron chi connectivity index (χ3n) is 2.58. The van der Waals surface area contributed by atoms with Gasteiger partial charge in [0, 0.05) is 11.0 Å². The average molecular weight is 363 g/mol. The number of hydrogen-bond acceptors (Lipinski definition) is 4. The fourth-order valence-corrected chi connectivity index (χ4v) is 2.95. The Morgan fingerprint density at radius 2 is 2.24 bits per heavy atom. The summed E-state index contributed by atoms with van der Waals surface area (Å²) in [5.74, 6) is 0.225. The molecule has 106 valence electrons. The Labute approximate surface area is 134 Å². The number of nitrogens with zero attached hydrogens (tertiary/aromatic N) is 1. The molecule has 0 unspecified atom stereocenters. The van der Waals surface area contributed by atoms with Gasteiger partial charge in [-0.1, -0.05) is 0 Å². The third kappa shape index (κ3) is 4.18. The second-order valence-corrected chi connectivity index (χ2v) is 6.49. The maximum Gasteiger partial charge on any atom is 0.248 e. The van der Waals surface area contributed by atoms with E-state index in [0.29, 0.717) is 17.0 Å². The molecular weight excluding hydrogens is 352 g/mol. The van der Waals surface area contributed by atoms with Crippen LogP contribution in [-0.4, -0.2) is 13.0 Å². The molecule has 0 saturated carbocycles. The summed E-state index contributed by atoms with van der Waals surface area (Å²) in [7, 11) is 1.51. The molecule has 2 rings (SSSR count). The molecule has 0 aliphatic heterocycles. The Morgan fingerprint density at radius 1 is 1.43 bits per heavy atom. The lowest BCUT2D eigenvalue weighted by molar-refractivity contribution is -0.111. The monoisotopic (exact) mass is 362 g/mol. The maximum atomic E-state index is 11.9. The summed E-state index contributed by atoms with van der Waals surface area (Å²) in [5.41, 5.74) is 0.927. The van der Waals surface area contributed by atoms with Crippen LogP contribution in [0.25, 0.3) is 6.08 Å². The van der Waals surface area contributed by atoms with Gasteiger partial charge >= 0.3 is 0 Å². The largest absolute Gasteiger partial charge is 0.495 e. The number of carbonyl (C=O) groups is 1. The number of methoxy groups -OCH3 is 1. The molecule has 1 heterocycles. The summed E-state index contributed by atoms with van der Waals surface area (Å²) in [6.07, 6.45) is 3.17. The standard InChI is InChI=1S/C15H11BrN2O2S/c1-20-13-5-2-10(9-17)8-12(13)18-15(19)7-4-11-3-6-14(16)21-11/h2-8H,1H3,(H,18,19)/b7-4+. The normalized spacial score (nSPS) is 10.3. The summed E-state index contributed by atoms with van der Waals surface area (Å²) < 4.78 is 6.16. The van der Waals surface area contributed by atoms with E-state index in [4.69, 9.17) is 10.00 Å². The molecule has 0 atom stereocenters. The zero-order chi connectivity index (χ0) is 15.2. The van der Waals surface area contributed by atoms with Crippen LogP contribution in [0, 0.1) is 11.3 Å². The van der Waals surface area contributed by atoms with Gasteiger partial charge in [0.15, 0.2) is 0 Å². The van der Waals surface area contributed by atoms with Crippen LogP contribution in [0.1, 0.15) is 10.4 Å². The van der Waals surface area contributed by atoms with Crippen molar-refractivity contribution in [1.29, 1.82) is 5.26 Å². The van der Waals surface area contributed by atoms with Crippen molar-refractivity contribution in [2.24, 2.45) is 0 Å². The number of halogens is 1. The predicted octanol–water partition coefficient (Wildman–Crippen LogP) is 4.04. The van der Waals surface area contributed by atoms with Crippen molar-refractivity contribution < 1.29 is 9.53 Å². The van der Waals surface area contributed by atoms with Gasteiger partial charge in [-0.15, -0.1) is 11.3 Å². The molecule has 6 heteroatoms. The molecule has 0 aliphatic carbocycles. The van der Waals surface area contributed by atoms with E-state index in [2.05, 4.69) is 21.2 Å². The van der Waals surface area contributed by atoms with Gasteiger partial charge in [-0.3, -0.25) is 4.79 Å². The van der Waals surface area contributed by atoms with Crippen LogP contribution < -0.4 is 10.1 Å². The molecular formula is C15H11BrN2O2S. The molecule has 1 aromatic carbocycles. The minimum atomic E-state index is -0.284. The number of thiophene rings is 1. The van der Waals surface area contributed by atoms with Gasteiger partial charge in [0.2, 0.25) is 5.91 Å². The van der Waals surface area contributed by atoms with Gasteiger partial charge in [0.05, 0.1) is 28.2 Å². The molecule has 0 fully saturated rings. The number of amides is 1. The van der Waals surface area contributed by atoms with Crippen LogP contribution in [0.3, 0.4) is 0 Å². The average Bonchev–Trinajstić information content (AvgIpc) is 2.90. The Morgan fingerprint density at radius 3 is 2.86 bits per heavy atom. The van der Waals surface area contributed by atoms with E-state index < -0.39 is 0 Å². The first kappa shape index (κ1) is 15.3. The van der Waals surface area contributed by atoms with E-state index in [1.807, 2.05) is 18.2 Å². The molecule has 4 nitrogen and oxygen atoms in total. The van der Waals surface area contributed by atoms with Gasteiger partial charge in [0.1, 0.15) is 5.75 Å². The van der Waals surface area contributed by atoms with Crippen LogP contribution in [0.15, 0.2) is 40.2 Å². The molecule has 2 aromatic rings. The number of carbonyl (C=O) groups excluding carboxylic acids is 1. The Kier molecular flexibility index (Phi) is 5.14. The van der Waals surface area contributed by atoms with E-state index in [1.165, 1.54) is 24.5 Å². The summed E-state index contributed by atoms with van der Waals surface area (Å²) >= 11 is 4.90. The molecule has 0 aliphatic rings. The highest BCUT2D eigenvalue weighted by Gasteiger charge is 2.07. The van der Waals surface area contributed by atoms with E-state index in [9.17, 15) is 4.79 Å². The Balaban J connectivity index is 2.12. The lowest BCUT2D eigenvalue weighted by Crippen LogP contribution is -2.09.